The summed E-state index contributed by atoms with van der Waals surface area (Å²) in [6.45, 7) is 2.32. The minimum atomic E-state index is -0.714. The molecule has 1 fully saturated rings. The van der Waals surface area contributed by atoms with Crippen LogP contribution in [0.4, 0.5) is 0 Å². The largest absolute Gasteiger partial charge is 0.481 e. The number of aromatic nitrogens is 2. The van der Waals surface area contributed by atoms with Crippen molar-refractivity contribution < 1.29 is 14.6 Å². The molecule has 6 heteroatoms. The maximum absolute atomic E-state index is 11.6. The molecule has 0 unspecified atom stereocenters. The molecule has 2 heterocycles. The van der Waals surface area contributed by atoms with Crippen molar-refractivity contribution in [1.82, 2.24) is 14.7 Å². The van der Waals surface area contributed by atoms with Crippen molar-refractivity contribution in [2.75, 3.05) is 26.8 Å². The Morgan fingerprint density at radius 2 is 2.26 bits per heavy atom. The molecule has 0 amide bonds. The van der Waals surface area contributed by atoms with Gasteiger partial charge in [-0.15, -0.1) is 0 Å². The molecule has 19 heavy (non-hydrogen) atoms. The summed E-state index contributed by atoms with van der Waals surface area (Å²) >= 11 is 0. The first-order valence-electron chi connectivity index (χ1n) is 6.49. The second kappa shape index (κ2) is 5.71. The lowest BCUT2D eigenvalue weighted by Gasteiger charge is -2.36. The highest BCUT2D eigenvalue weighted by Crippen LogP contribution is 2.32. The minimum absolute atomic E-state index is 0.535. The molecule has 1 aromatic rings. The second-order valence-electron chi connectivity index (χ2n) is 5.39. The number of aryl methyl sites for hydroxylation is 1. The summed E-state index contributed by atoms with van der Waals surface area (Å²) in [5.74, 6) is -0.714. The van der Waals surface area contributed by atoms with E-state index in [0.29, 0.717) is 39.1 Å². The Morgan fingerprint density at radius 3 is 2.79 bits per heavy atom. The number of carboxylic acids is 1. The topological polar surface area (TPSA) is 67.6 Å². The lowest BCUT2D eigenvalue weighted by atomic mass is 9.80. The molecule has 2 rings (SSSR count). The Hall–Kier alpha value is -1.40. The smallest absolute Gasteiger partial charge is 0.311 e. The van der Waals surface area contributed by atoms with Gasteiger partial charge in [0.15, 0.2) is 0 Å². The van der Waals surface area contributed by atoms with Gasteiger partial charge in [0.25, 0.3) is 0 Å². The van der Waals surface area contributed by atoms with Crippen LogP contribution in [-0.4, -0.2) is 52.6 Å². The number of rotatable bonds is 5. The molecular formula is C13H21N3O3. The third kappa shape index (κ3) is 3.33. The number of ether oxygens (including phenoxy) is 1. The summed E-state index contributed by atoms with van der Waals surface area (Å²) in [6, 6.07) is 0. The summed E-state index contributed by atoms with van der Waals surface area (Å²) < 4.78 is 7.04. The van der Waals surface area contributed by atoms with Gasteiger partial charge in [0.05, 0.1) is 11.6 Å². The van der Waals surface area contributed by atoms with Crippen LogP contribution >= 0.6 is 0 Å². The van der Waals surface area contributed by atoms with Gasteiger partial charge in [-0.3, -0.25) is 9.48 Å². The molecule has 0 bridgehead atoms. The molecule has 1 aromatic heterocycles. The molecule has 106 valence electrons. The van der Waals surface area contributed by atoms with Gasteiger partial charge in [-0.1, -0.05) is 0 Å². The van der Waals surface area contributed by atoms with Crippen LogP contribution in [0, 0.1) is 5.41 Å². The van der Waals surface area contributed by atoms with Crippen molar-refractivity contribution >= 4 is 5.97 Å². The van der Waals surface area contributed by atoms with Crippen molar-refractivity contribution in [3.8, 4) is 0 Å². The number of hydrogen-bond acceptors (Lipinski definition) is 4. The van der Waals surface area contributed by atoms with Crippen LogP contribution in [0.25, 0.3) is 0 Å². The van der Waals surface area contributed by atoms with Crippen LogP contribution in [0.3, 0.4) is 0 Å². The van der Waals surface area contributed by atoms with Gasteiger partial charge in [-0.05, 0) is 19.9 Å². The first kappa shape index (κ1) is 14.0. The van der Waals surface area contributed by atoms with Crippen LogP contribution < -0.4 is 0 Å². The van der Waals surface area contributed by atoms with Crippen molar-refractivity contribution in [2.24, 2.45) is 12.5 Å². The summed E-state index contributed by atoms with van der Waals surface area (Å²) in [4.78, 5) is 13.6. The SMILES string of the molecule is CN(Cc1cnn(C)c1)CC1(C(=O)O)CCOCC1. The molecule has 1 N–H and O–H groups in total. The Kier molecular flexibility index (Phi) is 4.21. The standard InChI is InChI=1S/C13H21N3O3/c1-15(8-11-7-14-16(2)9-11)10-13(12(17)18)3-5-19-6-4-13/h7,9H,3-6,8,10H2,1-2H3,(H,17,18). The Labute approximate surface area is 113 Å². The maximum Gasteiger partial charge on any atom is 0.311 e. The van der Waals surface area contributed by atoms with Crippen molar-refractivity contribution in [1.29, 1.82) is 0 Å². The monoisotopic (exact) mass is 267 g/mol. The van der Waals surface area contributed by atoms with Crippen LogP contribution in [0.15, 0.2) is 12.4 Å². The summed E-state index contributed by atoms with van der Waals surface area (Å²) in [5, 5.41) is 13.6. The van der Waals surface area contributed by atoms with Crippen LogP contribution in [0.1, 0.15) is 18.4 Å². The number of carbonyl (C=O) groups is 1. The molecule has 0 aliphatic carbocycles. The van der Waals surface area contributed by atoms with E-state index in [1.54, 1.807) is 4.68 Å². The first-order valence-corrected chi connectivity index (χ1v) is 6.49. The molecule has 0 spiro atoms. The van der Waals surface area contributed by atoms with E-state index in [4.69, 9.17) is 4.74 Å². The van der Waals surface area contributed by atoms with E-state index in [9.17, 15) is 9.90 Å². The molecule has 1 aliphatic heterocycles. The first-order chi connectivity index (χ1) is 9.02. The van der Waals surface area contributed by atoms with Gasteiger partial charge >= 0.3 is 5.97 Å². The zero-order valence-electron chi connectivity index (χ0n) is 11.5. The number of hydrogen-bond donors (Lipinski definition) is 1. The minimum Gasteiger partial charge on any atom is -0.481 e. The van der Waals surface area contributed by atoms with E-state index < -0.39 is 11.4 Å². The van der Waals surface area contributed by atoms with E-state index in [1.165, 1.54) is 0 Å². The van der Waals surface area contributed by atoms with Crippen molar-refractivity contribution in [3.05, 3.63) is 18.0 Å². The van der Waals surface area contributed by atoms with E-state index in [0.717, 1.165) is 5.56 Å². The lowest BCUT2D eigenvalue weighted by molar-refractivity contribution is -0.156. The van der Waals surface area contributed by atoms with Gasteiger partial charge in [0, 0.05) is 45.1 Å². The van der Waals surface area contributed by atoms with Crippen LogP contribution in [-0.2, 0) is 23.1 Å². The summed E-state index contributed by atoms with van der Waals surface area (Å²) in [6.07, 6.45) is 4.93. The normalized spacial score (nSPS) is 18.7. The fraction of sp³-hybridized carbons (Fsp3) is 0.692. The highest BCUT2D eigenvalue weighted by Gasteiger charge is 2.40. The van der Waals surface area contributed by atoms with Crippen molar-refractivity contribution in [3.63, 3.8) is 0 Å². The molecule has 6 nitrogen and oxygen atoms in total. The van der Waals surface area contributed by atoms with Crippen molar-refractivity contribution in [2.45, 2.75) is 19.4 Å². The Morgan fingerprint density at radius 1 is 1.58 bits per heavy atom. The lowest BCUT2D eigenvalue weighted by Crippen LogP contribution is -2.45. The van der Waals surface area contributed by atoms with Crippen LogP contribution in [0.2, 0.25) is 0 Å². The number of nitrogens with zero attached hydrogens (tertiary/aromatic N) is 3. The van der Waals surface area contributed by atoms with Crippen LogP contribution in [0.5, 0.6) is 0 Å². The Balaban J connectivity index is 1.98. The predicted octanol–water partition coefficient (Wildman–Crippen LogP) is 0.733. The average Bonchev–Trinajstić information content (AvgIpc) is 2.75. The highest BCUT2D eigenvalue weighted by molar-refractivity contribution is 5.75. The fourth-order valence-electron chi connectivity index (χ4n) is 2.64. The van der Waals surface area contributed by atoms with Gasteiger partial charge in [-0.2, -0.15) is 5.10 Å². The Bertz CT molecular complexity index is 438. The quantitative estimate of drug-likeness (QED) is 0.852. The maximum atomic E-state index is 11.6. The summed E-state index contributed by atoms with van der Waals surface area (Å²) in [5.41, 5.74) is 0.424. The molecule has 0 aromatic carbocycles. The number of carboxylic acid groups (broad SMARTS) is 1. The predicted molar refractivity (Wildman–Crippen MR) is 69.7 cm³/mol. The summed E-state index contributed by atoms with van der Waals surface area (Å²) in [7, 11) is 3.83. The van der Waals surface area contributed by atoms with Gasteiger partial charge in [0.2, 0.25) is 0 Å². The molecule has 0 saturated carbocycles. The zero-order chi connectivity index (χ0) is 13.9. The highest BCUT2D eigenvalue weighted by atomic mass is 16.5. The van der Waals surface area contributed by atoms with E-state index >= 15 is 0 Å². The molecular weight excluding hydrogens is 246 g/mol. The molecule has 1 saturated heterocycles. The molecule has 0 radical (unpaired) electrons. The van der Waals surface area contributed by atoms with Gasteiger partial charge in [-0.25, -0.2) is 0 Å². The second-order valence-corrected chi connectivity index (χ2v) is 5.39. The average molecular weight is 267 g/mol. The van der Waals surface area contributed by atoms with E-state index in [1.807, 2.05) is 26.5 Å². The third-order valence-corrected chi connectivity index (χ3v) is 3.69. The zero-order valence-corrected chi connectivity index (χ0v) is 11.5. The third-order valence-electron chi connectivity index (χ3n) is 3.69. The molecule has 1 aliphatic rings. The molecule has 0 atom stereocenters. The van der Waals surface area contributed by atoms with Gasteiger partial charge in [0.1, 0.15) is 0 Å². The number of aliphatic carboxylic acids is 1. The van der Waals surface area contributed by atoms with E-state index in [-0.39, 0.29) is 0 Å². The van der Waals surface area contributed by atoms with E-state index in [2.05, 4.69) is 10.00 Å². The fourth-order valence-corrected chi connectivity index (χ4v) is 2.64. The van der Waals surface area contributed by atoms with Gasteiger partial charge < -0.3 is 14.7 Å².